The minimum Gasteiger partial charge on any atom is -0.480 e. The summed E-state index contributed by atoms with van der Waals surface area (Å²) < 4.78 is 5.78. The monoisotopic (exact) mass is 711 g/mol. The van der Waals surface area contributed by atoms with Crippen LogP contribution in [-0.2, 0) is 19.1 Å². The summed E-state index contributed by atoms with van der Waals surface area (Å²) in [5.74, 6) is -1.65. The van der Waals surface area contributed by atoms with E-state index in [4.69, 9.17) is 14.8 Å². The number of alkyl carbamates (subject to hydrolysis) is 1. The SMILES string of the molecule is CCCN(CCC)C(=O)C1=Cc2ccc(-c3ccc(C(=O)N4CCCC4)cc3)cc2N=C(NC(=O)OC2/C=C/CCC(C(=O)NCC(=O)O)CC2)C1. The maximum absolute atomic E-state index is 13.9. The lowest BCUT2D eigenvalue weighted by molar-refractivity contribution is -0.138. The highest BCUT2D eigenvalue weighted by Crippen LogP contribution is 2.33. The highest BCUT2D eigenvalue weighted by Gasteiger charge is 2.26. The zero-order valence-corrected chi connectivity index (χ0v) is 30.1. The predicted octanol–water partition coefficient (Wildman–Crippen LogP) is 6.10. The van der Waals surface area contributed by atoms with E-state index < -0.39 is 30.6 Å². The molecule has 3 aliphatic rings. The fourth-order valence-electron chi connectivity index (χ4n) is 6.83. The molecule has 2 atom stereocenters. The number of hydrogen-bond donors (Lipinski definition) is 3. The first kappa shape index (κ1) is 38.0. The molecule has 0 spiro atoms. The summed E-state index contributed by atoms with van der Waals surface area (Å²) in [6.45, 7) is 6.40. The number of allylic oxidation sites excluding steroid dienone is 1. The van der Waals surface area contributed by atoms with Crippen LogP contribution in [0.1, 0.15) is 87.6 Å². The number of aliphatic imine (C=N–C) groups is 1. The van der Waals surface area contributed by atoms with Crippen LogP contribution >= 0.6 is 0 Å². The van der Waals surface area contributed by atoms with Crippen LogP contribution in [0.3, 0.4) is 0 Å². The van der Waals surface area contributed by atoms with E-state index in [2.05, 4.69) is 10.6 Å². The largest absolute Gasteiger partial charge is 0.480 e. The Balaban J connectivity index is 1.36. The number of carbonyl (C=O) groups excluding carboxylic acids is 4. The normalized spacial score (nSPS) is 19.1. The van der Waals surface area contributed by atoms with Gasteiger partial charge in [0.2, 0.25) is 11.8 Å². The molecule has 2 aliphatic heterocycles. The van der Waals surface area contributed by atoms with Crippen LogP contribution < -0.4 is 10.6 Å². The van der Waals surface area contributed by atoms with Crippen molar-refractivity contribution in [2.45, 2.75) is 77.7 Å². The molecule has 0 saturated carbocycles. The topological polar surface area (TPSA) is 158 Å². The van der Waals surface area contributed by atoms with Gasteiger partial charge >= 0.3 is 12.1 Å². The van der Waals surface area contributed by atoms with Crippen molar-refractivity contribution in [2.24, 2.45) is 10.9 Å². The molecule has 0 bridgehead atoms. The molecule has 12 nitrogen and oxygen atoms in total. The quantitative estimate of drug-likeness (QED) is 0.238. The van der Waals surface area contributed by atoms with E-state index in [0.29, 0.717) is 55.6 Å². The Morgan fingerprint density at radius 3 is 2.35 bits per heavy atom. The summed E-state index contributed by atoms with van der Waals surface area (Å²) in [5, 5.41) is 14.2. The van der Waals surface area contributed by atoms with Crippen molar-refractivity contribution in [3.63, 3.8) is 0 Å². The molecule has 2 aromatic carbocycles. The second-order valence-corrected chi connectivity index (χ2v) is 13.5. The number of carboxylic acid groups (broad SMARTS) is 1. The Hall–Kier alpha value is -5.26. The predicted molar refractivity (Wildman–Crippen MR) is 199 cm³/mol. The number of amides is 4. The van der Waals surface area contributed by atoms with Crippen molar-refractivity contribution in [1.29, 1.82) is 0 Å². The lowest BCUT2D eigenvalue weighted by Gasteiger charge is -2.23. The van der Waals surface area contributed by atoms with Gasteiger partial charge in [-0.3, -0.25) is 24.5 Å². The molecule has 1 saturated heterocycles. The van der Waals surface area contributed by atoms with E-state index in [0.717, 1.165) is 55.5 Å². The Morgan fingerprint density at radius 2 is 1.65 bits per heavy atom. The lowest BCUT2D eigenvalue weighted by atomic mass is 9.92. The molecule has 2 aromatic rings. The van der Waals surface area contributed by atoms with Crippen molar-refractivity contribution in [3.05, 3.63) is 71.3 Å². The van der Waals surface area contributed by atoms with E-state index in [-0.39, 0.29) is 30.0 Å². The van der Waals surface area contributed by atoms with Crippen LogP contribution in [0.25, 0.3) is 17.2 Å². The molecule has 0 radical (unpaired) electrons. The number of amidine groups is 1. The smallest absolute Gasteiger partial charge is 0.413 e. The summed E-state index contributed by atoms with van der Waals surface area (Å²) in [6.07, 6.45) is 9.87. The molecule has 4 amide bonds. The van der Waals surface area contributed by atoms with Crippen molar-refractivity contribution < 1.29 is 33.8 Å². The van der Waals surface area contributed by atoms with Gasteiger partial charge in [0.1, 0.15) is 18.5 Å². The first-order chi connectivity index (χ1) is 25.1. The van der Waals surface area contributed by atoms with Gasteiger partial charge in [0.15, 0.2) is 0 Å². The van der Waals surface area contributed by atoms with E-state index in [9.17, 15) is 24.0 Å². The molecule has 2 heterocycles. The van der Waals surface area contributed by atoms with Crippen LogP contribution in [0.15, 0.2) is 65.2 Å². The number of hydrogen-bond acceptors (Lipinski definition) is 7. The third-order valence-corrected chi connectivity index (χ3v) is 9.50. The van der Waals surface area contributed by atoms with Crippen molar-refractivity contribution in [3.8, 4) is 11.1 Å². The van der Waals surface area contributed by atoms with Gasteiger partial charge in [-0.1, -0.05) is 44.2 Å². The molecule has 3 N–H and O–H groups in total. The van der Waals surface area contributed by atoms with E-state index >= 15 is 0 Å². The third-order valence-electron chi connectivity index (χ3n) is 9.50. The van der Waals surface area contributed by atoms with Gasteiger partial charge in [0.05, 0.1) is 5.69 Å². The second kappa shape index (κ2) is 18.3. The van der Waals surface area contributed by atoms with E-state index in [1.165, 1.54) is 0 Å². The standard InChI is InChI=1S/C40H49N5O7/c1-3-19-44(20-4-2)39(50)32-23-31-16-15-30(27-11-13-29(14-12-27)38(49)45-21-7-8-22-45)24-34(31)42-35(25-32)43-40(51)52-33-10-6-5-9-28(17-18-33)37(48)41-26-36(46)47/h6,10-16,23-24,28,33H,3-5,7-9,17-22,25-26H2,1-2H3,(H,41,48)(H,46,47)(H,42,43,51)/b10-6+. The Labute approximate surface area is 305 Å². The summed E-state index contributed by atoms with van der Waals surface area (Å²) >= 11 is 0. The first-order valence-corrected chi connectivity index (χ1v) is 18.4. The minimum absolute atomic E-state index is 0.0386. The van der Waals surface area contributed by atoms with Gasteiger partial charge in [-0.15, -0.1) is 0 Å². The number of benzene rings is 2. The molecular formula is C40H49N5O7. The number of aliphatic carboxylic acids is 1. The van der Waals surface area contributed by atoms with Gasteiger partial charge < -0.3 is 25.0 Å². The Bertz CT molecular complexity index is 1720. The average molecular weight is 712 g/mol. The number of carbonyl (C=O) groups is 5. The zero-order chi connectivity index (χ0) is 37.0. The summed E-state index contributed by atoms with van der Waals surface area (Å²) in [6, 6.07) is 13.3. The molecule has 1 aliphatic carbocycles. The van der Waals surface area contributed by atoms with E-state index in [1.54, 1.807) is 6.08 Å². The molecule has 52 heavy (non-hydrogen) atoms. The van der Waals surface area contributed by atoms with Gasteiger partial charge in [-0.25, -0.2) is 9.79 Å². The average Bonchev–Trinajstić information content (AvgIpc) is 3.60. The highest BCUT2D eigenvalue weighted by molar-refractivity contribution is 6.08. The summed E-state index contributed by atoms with van der Waals surface area (Å²) in [4.78, 5) is 72.1. The maximum Gasteiger partial charge on any atom is 0.413 e. The van der Waals surface area contributed by atoms with Crippen molar-refractivity contribution >= 4 is 47.4 Å². The van der Waals surface area contributed by atoms with Crippen LogP contribution in [-0.4, -0.2) is 89.4 Å². The number of nitrogens with one attached hydrogen (secondary N) is 2. The molecular weight excluding hydrogens is 662 g/mol. The molecule has 276 valence electrons. The van der Waals surface area contributed by atoms with Gasteiger partial charge in [0.25, 0.3) is 5.91 Å². The van der Waals surface area contributed by atoms with Crippen LogP contribution in [0.2, 0.25) is 0 Å². The van der Waals surface area contributed by atoms with Crippen molar-refractivity contribution in [1.82, 2.24) is 20.4 Å². The van der Waals surface area contributed by atoms with E-state index in [1.807, 2.05) is 78.3 Å². The van der Waals surface area contributed by atoms with Gasteiger partial charge in [-0.2, -0.15) is 0 Å². The fraction of sp³-hybridized carbons (Fsp3) is 0.450. The molecule has 12 heteroatoms. The molecule has 5 rings (SSSR count). The number of nitrogens with zero attached hydrogens (tertiary/aromatic N) is 3. The maximum atomic E-state index is 13.9. The number of ether oxygens (including phenoxy) is 1. The summed E-state index contributed by atoms with van der Waals surface area (Å²) in [5.41, 5.74) is 4.23. The van der Waals surface area contributed by atoms with Crippen molar-refractivity contribution in [2.75, 3.05) is 32.7 Å². The molecule has 1 fully saturated rings. The number of likely N-dealkylation sites (tertiary alicyclic amines) is 1. The van der Waals surface area contributed by atoms with Crippen LogP contribution in [0.5, 0.6) is 0 Å². The minimum atomic E-state index is -1.11. The summed E-state index contributed by atoms with van der Waals surface area (Å²) in [7, 11) is 0. The lowest BCUT2D eigenvalue weighted by Crippen LogP contribution is -2.38. The number of rotatable bonds is 11. The number of fused-ring (bicyclic) bond motifs is 1. The van der Waals surface area contributed by atoms with Crippen LogP contribution in [0, 0.1) is 5.92 Å². The fourth-order valence-corrected chi connectivity index (χ4v) is 6.83. The van der Waals surface area contributed by atoms with Gasteiger partial charge in [-0.05, 0) is 92.8 Å². The molecule has 2 unspecified atom stereocenters. The number of carboxylic acids is 1. The Kier molecular flexibility index (Phi) is 13.4. The second-order valence-electron chi connectivity index (χ2n) is 13.5. The van der Waals surface area contributed by atoms with Crippen LogP contribution in [0.4, 0.5) is 10.5 Å². The Morgan fingerprint density at radius 1 is 0.942 bits per heavy atom. The highest BCUT2D eigenvalue weighted by atomic mass is 16.6. The van der Waals surface area contributed by atoms with Gasteiger partial charge in [0, 0.05) is 55.2 Å². The zero-order valence-electron chi connectivity index (χ0n) is 30.1. The molecule has 0 aromatic heterocycles. The first-order valence-electron chi connectivity index (χ1n) is 18.4. The third kappa shape index (κ3) is 10.2.